The summed E-state index contributed by atoms with van der Waals surface area (Å²) in [5.41, 5.74) is 0. The molecule has 5 nitrogen and oxygen atoms in total. The normalized spacial score (nSPS) is 16.7. The highest BCUT2D eigenvalue weighted by Gasteiger charge is 2.15. The summed E-state index contributed by atoms with van der Waals surface area (Å²) in [6.07, 6.45) is 2.68. The number of carbonyl (C=O) groups excluding carboxylic acids is 1. The fraction of sp³-hybridized carbons (Fsp3) is 0.917. The number of ether oxygens (including phenoxy) is 1. The molecule has 1 amide bonds. The number of hydrogen-bond donors (Lipinski definition) is 3. The average Bonchev–Trinajstić information content (AvgIpc) is 2.39. The first kappa shape index (κ1) is 15.8. The van der Waals surface area contributed by atoms with Crippen molar-refractivity contribution in [1.82, 2.24) is 10.6 Å². The van der Waals surface area contributed by atoms with Gasteiger partial charge in [0.05, 0.1) is 6.54 Å². The van der Waals surface area contributed by atoms with Gasteiger partial charge >= 0.3 is 0 Å². The van der Waals surface area contributed by atoms with Gasteiger partial charge < -0.3 is 20.5 Å². The van der Waals surface area contributed by atoms with Gasteiger partial charge in [-0.1, -0.05) is 0 Å². The van der Waals surface area contributed by atoms with Crippen LogP contribution >= 0.6 is 11.8 Å². The minimum absolute atomic E-state index is 0.0715. The summed E-state index contributed by atoms with van der Waals surface area (Å²) in [6, 6.07) is 0.284. The van der Waals surface area contributed by atoms with E-state index in [0.29, 0.717) is 6.54 Å². The first-order valence-electron chi connectivity index (χ1n) is 6.59. The van der Waals surface area contributed by atoms with Crippen molar-refractivity contribution >= 4 is 17.7 Å². The molecule has 0 radical (unpaired) electrons. The van der Waals surface area contributed by atoms with E-state index in [4.69, 9.17) is 9.84 Å². The molecule has 0 aromatic carbocycles. The van der Waals surface area contributed by atoms with Crippen LogP contribution < -0.4 is 10.6 Å². The van der Waals surface area contributed by atoms with Gasteiger partial charge in [-0.25, -0.2) is 0 Å². The molecule has 1 aliphatic heterocycles. The molecule has 18 heavy (non-hydrogen) atoms. The maximum atomic E-state index is 11.6. The maximum absolute atomic E-state index is 11.6. The van der Waals surface area contributed by atoms with Crippen LogP contribution in [0.2, 0.25) is 0 Å². The van der Waals surface area contributed by atoms with Crippen LogP contribution in [0.1, 0.15) is 19.3 Å². The molecular formula is C12H24N2O3S. The molecule has 1 fully saturated rings. The molecule has 0 atom stereocenters. The summed E-state index contributed by atoms with van der Waals surface area (Å²) < 4.78 is 5.24. The van der Waals surface area contributed by atoms with Gasteiger partial charge in [-0.05, 0) is 25.0 Å². The van der Waals surface area contributed by atoms with Gasteiger partial charge in [-0.2, -0.15) is 11.8 Å². The number of hydrogen-bond acceptors (Lipinski definition) is 5. The lowest BCUT2D eigenvalue weighted by molar-refractivity contribution is -0.121. The van der Waals surface area contributed by atoms with Gasteiger partial charge in [0.2, 0.25) is 5.91 Å². The Morgan fingerprint density at radius 2 is 2.11 bits per heavy atom. The van der Waals surface area contributed by atoms with E-state index in [-0.39, 0.29) is 18.6 Å². The Balaban J connectivity index is 1.90. The fourth-order valence-corrected chi connectivity index (χ4v) is 2.56. The average molecular weight is 276 g/mol. The zero-order chi connectivity index (χ0) is 13.1. The molecular weight excluding hydrogens is 252 g/mol. The van der Waals surface area contributed by atoms with Gasteiger partial charge in [0.25, 0.3) is 0 Å². The minimum Gasteiger partial charge on any atom is -0.396 e. The minimum atomic E-state index is 0.0715. The number of rotatable bonds is 9. The first-order chi connectivity index (χ1) is 8.83. The lowest BCUT2D eigenvalue weighted by Gasteiger charge is -2.23. The van der Waals surface area contributed by atoms with Crippen molar-refractivity contribution < 1.29 is 14.6 Å². The Hall–Kier alpha value is -0.300. The molecule has 1 saturated heterocycles. The number of thioether (sulfide) groups is 1. The Morgan fingerprint density at radius 3 is 2.83 bits per heavy atom. The molecule has 0 spiro atoms. The van der Waals surface area contributed by atoms with Crippen molar-refractivity contribution in [2.45, 2.75) is 25.3 Å². The highest BCUT2D eigenvalue weighted by atomic mass is 32.2. The molecule has 6 heteroatoms. The highest BCUT2D eigenvalue weighted by molar-refractivity contribution is 7.99. The third-order valence-electron chi connectivity index (χ3n) is 2.74. The van der Waals surface area contributed by atoms with Crippen LogP contribution in [0.15, 0.2) is 0 Å². The molecule has 0 unspecified atom stereocenters. The lowest BCUT2D eigenvalue weighted by atomic mass is 10.1. The second kappa shape index (κ2) is 10.6. The third kappa shape index (κ3) is 7.92. The summed E-state index contributed by atoms with van der Waals surface area (Å²) in [5.74, 6) is 2.03. The summed E-state index contributed by atoms with van der Waals surface area (Å²) in [5, 5.41) is 14.7. The van der Waals surface area contributed by atoms with Gasteiger partial charge in [0.15, 0.2) is 0 Å². The summed E-state index contributed by atoms with van der Waals surface area (Å²) >= 11 is 1.79. The molecule has 1 aliphatic rings. The predicted molar refractivity (Wildman–Crippen MR) is 73.9 cm³/mol. The van der Waals surface area contributed by atoms with Gasteiger partial charge in [0, 0.05) is 38.2 Å². The second-order valence-corrected chi connectivity index (χ2v) is 5.55. The Morgan fingerprint density at radius 1 is 1.33 bits per heavy atom. The van der Waals surface area contributed by atoms with E-state index in [0.717, 1.165) is 50.5 Å². The smallest absolute Gasteiger partial charge is 0.234 e. The highest BCUT2D eigenvalue weighted by Crippen LogP contribution is 2.05. The van der Waals surface area contributed by atoms with Crippen molar-refractivity contribution in [3.05, 3.63) is 0 Å². The Bertz CT molecular complexity index is 223. The number of amides is 1. The predicted octanol–water partition coefficient (Wildman–Crippen LogP) is -0.0132. The molecule has 0 aromatic rings. The quantitative estimate of drug-likeness (QED) is 0.517. The molecule has 1 heterocycles. The van der Waals surface area contributed by atoms with Crippen LogP contribution in [0.5, 0.6) is 0 Å². The van der Waals surface area contributed by atoms with Gasteiger partial charge in [0.1, 0.15) is 0 Å². The third-order valence-corrected chi connectivity index (χ3v) is 3.81. The standard InChI is InChI=1S/C12H24N2O3S/c15-5-1-8-18-9-4-13-10-12(16)14-11-2-6-17-7-3-11/h11,13,15H,1-10H2,(H,14,16). The maximum Gasteiger partial charge on any atom is 0.234 e. The number of aliphatic hydroxyl groups excluding tert-OH is 1. The van der Waals surface area contributed by atoms with Crippen LogP contribution in [-0.2, 0) is 9.53 Å². The molecule has 0 aromatic heterocycles. The van der Waals surface area contributed by atoms with E-state index in [1.165, 1.54) is 0 Å². The topological polar surface area (TPSA) is 70.6 Å². The lowest BCUT2D eigenvalue weighted by Crippen LogP contribution is -2.43. The zero-order valence-electron chi connectivity index (χ0n) is 10.8. The molecule has 3 N–H and O–H groups in total. The Labute approximate surface area is 113 Å². The van der Waals surface area contributed by atoms with Crippen LogP contribution in [0.3, 0.4) is 0 Å². The van der Waals surface area contributed by atoms with Crippen LogP contribution in [-0.4, -0.2) is 61.5 Å². The van der Waals surface area contributed by atoms with E-state index >= 15 is 0 Å². The van der Waals surface area contributed by atoms with Crippen LogP contribution in [0, 0.1) is 0 Å². The van der Waals surface area contributed by atoms with Crippen molar-refractivity contribution in [2.24, 2.45) is 0 Å². The summed E-state index contributed by atoms with van der Waals surface area (Å²) in [7, 11) is 0. The molecule has 106 valence electrons. The van der Waals surface area contributed by atoms with E-state index in [1.54, 1.807) is 11.8 Å². The SMILES string of the molecule is O=C(CNCCSCCCO)NC1CCOCC1. The molecule has 0 bridgehead atoms. The van der Waals surface area contributed by atoms with Crippen molar-refractivity contribution in [2.75, 3.05) is 44.4 Å². The molecule has 1 rings (SSSR count). The zero-order valence-corrected chi connectivity index (χ0v) is 11.6. The van der Waals surface area contributed by atoms with Crippen LogP contribution in [0.25, 0.3) is 0 Å². The second-order valence-electron chi connectivity index (χ2n) is 4.32. The van der Waals surface area contributed by atoms with E-state index in [9.17, 15) is 4.79 Å². The van der Waals surface area contributed by atoms with Crippen molar-refractivity contribution in [3.63, 3.8) is 0 Å². The summed E-state index contributed by atoms with van der Waals surface area (Å²) in [4.78, 5) is 11.6. The number of carbonyl (C=O) groups is 1. The largest absolute Gasteiger partial charge is 0.396 e. The Kier molecular flexibility index (Phi) is 9.28. The van der Waals surface area contributed by atoms with Gasteiger partial charge in [-0.15, -0.1) is 0 Å². The van der Waals surface area contributed by atoms with E-state index in [2.05, 4.69) is 10.6 Å². The number of nitrogens with one attached hydrogen (secondary N) is 2. The molecule has 0 saturated carbocycles. The number of aliphatic hydroxyl groups is 1. The molecule has 0 aliphatic carbocycles. The van der Waals surface area contributed by atoms with Crippen LogP contribution in [0.4, 0.5) is 0 Å². The van der Waals surface area contributed by atoms with E-state index in [1.807, 2.05) is 0 Å². The first-order valence-corrected chi connectivity index (χ1v) is 7.75. The van der Waals surface area contributed by atoms with Gasteiger partial charge in [-0.3, -0.25) is 4.79 Å². The monoisotopic (exact) mass is 276 g/mol. The van der Waals surface area contributed by atoms with E-state index < -0.39 is 0 Å². The van der Waals surface area contributed by atoms with Crippen molar-refractivity contribution in [3.8, 4) is 0 Å². The summed E-state index contributed by atoms with van der Waals surface area (Å²) in [6.45, 7) is 2.98. The van der Waals surface area contributed by atoms with Crippen molar-refractivity contribution in [1.29, 1.82) is 0 Å². The fourth-order valence-electron chi connectivity index (χ4n) is 1.74.